The normalized spacial score (nSPS) is 12.1. The number of hydrogen-bond acceptors (Lipinski definition) is 3. The molecule has 0 aromatic heterocycles. The van der Waals surface area contributed by atoms with Crippen LogP contribution >= 0.6 is 34.4 Å². The minimum Gasteiger partial charge on any atom is -0.393 e. The molecule has 134 valence electrons. The van der Waals surface area contributed by atoms with Gasteiger partial charge < -0.3 is 10.4 Å². The van der Waals surface area contributed by atoms with Gasteiger partial charge in [-0.2, -0.15) is 0 Å². The summed E-state index contributed by atoms with van der Waals surface area (Å²) in [7, 11) is 0. The lowest BCUT2D eigenvalue weighted by atomic mass is 10.2. The standard InChI is InChI=1S/C17H15F3INO2S/c1-9(23)4-5-25-15-6-10(2-3-14(15)21)17(24)22-11-7-12(18)16(20)13(19)8-11/h2-3,6-9,23H,4-5H2,1H3,(H,22,24). The van der Waals surface area contributed by atoms with Crippen LogP contribution in [-0.2, 0) is 0 Å². The maximum absolute atomic E-state index is 13.2. The van der Waals surface area contributed by atoms with Gasteiger partial charge in [0.05, 0.1) is 6.10 Å². The van der Waals surface area contributed by atoms with Gasteiger partial charge in [-0.3, -0.25) is 4.79 Å². The van der Waals surface area contributed by atoms with Crippen molar-refractivity contribution in [3.8, 4) is 0 Å². The number of thioether (sulfide) groups is 1. The third-order valence-electron chi connectivity index (χ3n) is 3.23. The van der Waals surface area contributed by atoms with E-state index in [9.17, 15) is 23.1 Å². The number of carbonyl (C=O) groups is 1. The molecule has 25 heavy (non-hydrogen) atoms. The van der Waals surface area contributed by atoms with Gasteiger partial charge in [0.25, 0.3) is 5.91 Å². The molecule has 2 rings (SSSR count). The lowest BCUT2D eigenvalue weighted by Crippen LogP contribution is -2.13. The molecule has 2 aromatic carbocycles. The van der Waals surface area contributed by atoms with E-state index in [0.717, 1.165) is 20.6 Å². The van der Waals surface area contributed by atoms with E-state index in [4.69, 9.17) is 0 Å². The van der Waals surface area contributed by atoms with Gasteiger partial charge in [0.15, 0.2) is 17.5 Å². The monoisotopic (exact) mass is 481 g/mol. The highest BCUT2D eigenvalue weighted by Crippen LogP contribution is 2.27. The van der Waals surface area contributed by atoms with Crippen LogP contribution in [0, 0.1) is 21.0 Å². The van der Waals surface area contributed by atoms with Crippen molar-refractivity contribution in [1.29, 1.82) is 0 Å². The summed E-state index contributed by atoms with van der Waals surface area (Å²) < 4.78 is 40.4. The van der Waals surface area contributed by atoms with Gasteiger partial charge in [-0.25, -0.2) is 13.2 Å². The van der Waals surface area contributed by atoms with Crippen LogP contribution in [0.5, 0.6) is 0 Å². The average molecular weight is 481 g/mol. The van der Waals surface area contributed by atoms with Crippen LogP contribution in [-0.4, -0.2) is 22.9 Å². The van der Waals surface area contributed by atoms with Crippen molar-refractivity contribution >= 4 is 45.9 Å². The highest BCUT2D eigenvalue weighted by Gasteiger charge is 2.14. The van der Waals surface area contributed by atoms with Crippen LogP contribution in [0.15, 0.2) is 35.2 Å². The summed E-state index contributed by atoms with van der Waals surface area (Å²) >= 11 is 3.64. The van der Waals surface area contributed by atoms with Crippen molar-refractivity contribution in [2.24, 2.45) is 0 Å². The molecule has 0 spiro atoms. The molecule has 3 nitrogen and oxygen atoms in total. The number of halogens is 4. The van der Waals surface area contributed by atoms with E-state index in [1.807, 2.05) is 0 Å². The fraction of sp³-hybridized carbons (Fsp3) is 0.235. The summed E-state index contributed by atoms with van der Waals surface area (Å²) in [5.41, 5.74) is 0.147. The Balaban J connectivity index is 2.14. The summed E-state index contributed by atoms with van der Waals surface area (Å²) in [6, 6.07) is 6.46. The molecule has 2 N–H and O–H groups in total. The van der Waals surface area contributed by atoms with Crippen molar-refractivity contribution in [3.63, 3.8) is 0 Å². The van der Waals surface area contributed by atoms with Crippen molar-refractivity contribution < 1.29 is 23.1 Å². The summed E-state index contributed by atoms with van der Waals surface area (Å²) in [5.74, 6) is -4.18. The number of rotatable bonds is 6. The van der Waals surface area contributed by atoms with Gasteiger partial charge in [0.2, 0.25) is 0 Å². The van der Waals surface area contributed by atoms with Crippen molar-refractivity contribution in [3.05, 3.63) is 56.9 Å². The zero-order chi connectivity index (χ0) is 18.6. The number of hydrogen-bond donors (Lipinski definition) is 2. The molecule has 1 amide bonds. The first kappa shape index (κ1) is 20.1. The molecule has 0 fully saturated rings. The highest BCUT2D eigenvalue weighted by atomic mass is 127. The summed E-state index contributed by atoms with van der Waals surface area (Å²) in [5, 5.41) is 11.7. The van der Waals surface area contributed by atoms with Crippen LogP contribution in [0.3, 0.4) is 0 Å². The first-order valence-electron chi connectivity index (χ1n) is 7.34. The maximum atomic E-state index is 13.2. The maximum Gasteiger partial charge on any atom is 0.255 e. The van der Waals surface area contributed by atoms with Crippen molar-refractivity contribution in [1.82, 2.24) is 0 Å². The quantitative estimate of drug-likeness (QED) is 0.354. The molecule has 0 radical (unpaired) electrons. The largest absolute Gasteiger partial charge is 0.393 e. The number of aliphatic hydroxyl groups excluding tert-OH is 1. The molecule has 0 aliphatic heterocycles. The Kier molecular flexibility index (Phi) is 7.14. The summed E-state index contributed by atoms with van der Waals surface area (Å²) in [4.78, 5) is 13.1. The molecule has 0 saturated heterocycles. The zero-order valence-electron chi connectivity index (χ0n) is 13.2. The van der Waals surface area contributed by atoms with Crippen molar-refractivity contribution in [2.45, 2.75) is 24.3 Å². The van der Waals surface area contributed by atoms with E-state index in [0.29, 0.717) is 17.7 Å². The Morgan fingerprint density at radius 1 is 1.24 bits per heavy atom. The Morgan fingerprint density at radius 3 is 2.48 bits per heavy atom. The predicted octanol–water partition coefficient (Wildman–Crippen LogP) is 4.82. The molecule has 8 heteroatoms. The average Bonchev–Trinajstić information content (AvgIpc) is 2.53. The van der Waals surface area contributed by atoms with E-state index >= 15 is 0 Å². The number of benzene rings is 2. The molecule has 1 atom stereocenters. The third-order valence-corrected chi connectivity index (χ3v) is 5.62. The number of nitrogens with one attached hydrogen (secondary N) is 1. The topological polar surface area (TPSA) is 49.3 Å². The van der Waals surface area contributed by atoms with E-state index in [2.05, 4.69) is 27.9 Å². The third kappa shape index (κ3) is 5.61. The van der Waals surface area contributed by atoms with E-state index in [1.54, 1.807) is 25.1 Å². The number of aliphatic hydroxyl groups is 1. The van der Waals surface area contributed by atoms with Crippen LogP contribution in [0.1, 0.15) is 23.7 Å². The van der Waals surface area contributed by atoms with Crippen LogP contribution in [0.4, 0.5) is 18.9 Å². The van der Waals surface area contributed by atoms with Gasteiger partial charge in [0.1, 0.15) is 0 Å². The first-order chi connectivity index (χ1) is 11.8. The highest BCUT2D eigenvalue weighted by molar-refractivity contribution is 14.1. The Labute approximate surface area is 161 Å². The molecule has 0 heterocycles. The molecular formula is C17H15F3INO2S. The lowest BCUT2D eigenvalue weighted by Gasteiger charge is -2.10. The fourth-order valence-electron chi connectivity index (χ4n) is 1.93. The minimum atomic E-state index is -1.58. The predicted molar refractivity (Wildman–Crippen MR) is 100 cm³/mol. The Hall–Kier alpha value is -1.26. The second-order valence-corrected chi connectivity index (χ2v) is 7.64. The zero-order valence-corrected chi connectivity index (χ0v) is 16.1. The first-order valence-corrected chi connectivity index (χ1v) is 9.40. The van der Waals surface area contributed by atoms with Crippen molar-refractivity contribution in [2.75, 3.05) is 11.1 Å². The number of carbonyl (C=O) groups excluding carboxylic acids is 1. The summed E-state index contributed by atoms with van der Waals surface area (Å²) in [6.45, 7) is 1.70. The Morgan fingerprint density at radius 2 is 1.88 bits per heavy atom. The number of amides is 1. The van der Waals surface area contributed by atoms with E-state index in [1.165, 1.54) is 11.8 Å². The van der Waals surface area contributed by atoms with Crippen LogP contribution in [0.25, 0.3) is 0 Å². The van der Waals surface area contributed by atoms with E-state index in [-0.39, 0.29) is 5.69 Å². The smallest absolute Gasteiger partial charge is 0.255 e. The molecule has 1 unspecified atom stereocenters. The summed E-state index contributed by atoms with van der Waals surface area (Å²) in [6.07, 6.45) is 0.214. The molecule has 0 bridgehead atoms. The minimum absolute atomic E-state index is 0.164. The molecule has 0 saturated carbocycles. The fourth-order valence-corrected chi connectivity index (χ4v) is 3.82. The molecule has 2 aromatic rings. The molecule has 0 aliphatic rings. The van der Waals surface area contributed by atoms with Gasteiger partial charge in [-0.15, -0.1) is 11.8 Å². The second kappa shape index (κ2) is 8.91. The molecular weight excluding hydrogens is 466 g/mol. The number of anilines is 1. The SMILES string of the molecule is CC(O)CCSc1cc(C(=O)Nc2cc(F)c(F)c(F)c2)ccc1I. The Bertz CT molecular complexity index is 763. The van der Waals surface area contributed by atoms with E-state index < -0.39 is 29.5 Å². The second-order valence-electron chi connectivity index (χ2n) is 5.34. The van der Waals surface area contributed by atoms with Gasteiger partial charge >= 0.3 is 0 Å². The van der Waals surface area contributed by atoms with Crippen LogP contribution < -0.4 is 5.32 Å². The van der Waals surface area contributed by atoms with Gasteiger partial charge in [-0.05, 0) is 54.1 Å². The lowest BCUT2D eigenvalue weighted by molar-refractivity contribution is 0.102. The van der Waals surface area contributed by atoms with Gasteiger partial charge in [0, 0.05) is 37.6 Å². The molecule has 0 aliphatic carbocycles. The van der Waals surface area contributed by atoms with Gasteiger partial charge in [-0.1, -0.05) is 0 Å². The van der Waals surface area contributed by atoms with Crippen LogP contribution in [0.2, 0.25) is 0 Å².